The van der Waals surface area contributed by atoms with Crippen LogP contribution in [0.2, 0.25) is 0 Å². The number of amides is 2. The number of rotatable bonds is 5. The van der Waals surface area contributed by atoms with Crippen LogP contribution in [0.1, 0.15) is 17.5 Å². The highest BCUT2D eigenvalue weighted by Gasteiger charge is 2.23. The van der Waals surface area contributed by atoms with E-state index in [4.69, 9.17) is 9.47 Å². The molecule has 11 heteroatoms. The molecule has 0 saturated carbocycles. The smallest absolute Gasteiger partial charge is 0.242 e. The molecule has 0 spiro atoms. The molecule has 1 aliphatic rings. The zero-order valence-corrected chi connectivity index (χ0v) is 23.8. The first-order valence-electron chi connectivity index (χ1n) is 13.6. The molecule has 2 bridgehead atoms. The number of hydrogen-bond acceptors (Lipinski definition) is 8. The number of nitrogens with zero attached hydrogens (tertiary/aromatic N) is 4. The molecule has 214 valence electrons. The highest BCUT2D eigenvalue weighted by Crippen LogP contribution is 2.32. The first-order valence-corrected chi connectivity index (χ1v) is 14.5. The number of methoxy groups -OCH3 is 1. The van der Waals surface area contributed by atoms with E-state index < -0.39 is 6.04 Å². The quantitative estimate of drug-likeness (QED) is 0.377. The van der Waals surface area contributed by atoms with Gasteiger partial charge in [-0.25, -0.2) is 9.36 Å². The molecular weight excluding hydrogens is 540 g/mol. The summed E-state index contributed by atoms with van der Waals surface area (Å²) in [4.78, 5) is 33.2. The van der Waals surface area contributed by atoms with Gasteiger partial charge in [0.15, 0.2) is 11.5 Å². The number of benzene rings is 2. The summed E-state index contributed by atoms with van der Waals surface area (Å²) in [6.45, 7) is 2.66. The minimum absolute atomic E-state index is 0.144. The Labute approximate surface area is 243 Å². The van der Waals surface area contributed by atoms with Crippen molar-refractivity contribution in [2.45, 2.75) is 32.0 Å². The van der Waals surface area contributed by atoms with Gasteiger partial charge >= 0.3 is 0 Å². The van der Waals surface area contributed by atoms with Gasteiger partial charge in [0.2, 0.25) is 11.8 Å². The third-order valence-electron chi connectivity index (χ3n) is 6.86. The predicted octanol–water partition coefficient (Wildman–Crippen LogP) is 3.14. The fraction of sp³-hybridized carbons (Fsp3) is 0.333. The van der Waals surface area contributed by atoms with Gasteiger partial charge < -0.3 is 24.7 Å². The first kappa shape index (κ1) is 28.3. The zero-order valence-electron chi connectivity index (χ0n) is 23.0. The zero-order chi connectivity index (χ0) is 28.4. The first-order chi connectivity index (χ1) is 20.1. The largest absolute Gasteiger partial charge is 0.493 e. The molecule has 1 aliphatic heterocycles. The van der Waals surface area contributed by atoms with Gasteiger partial charge in [0, 0.05) is 62.1 Å². The molecule has 0 fully saturated rings. The molecule has 0 saturated heterocycles. The van der Waals surface area contributed by atoms with Gasteiger partial charge in [-0.3, -0.25) is 14.5 Å². The second-order valence-electron chi connectivity index (χ2n) is 9.86. The van der Waals surface area contributed by atoms with Crippen LogP contribution in [-0.4, -0.2) is 70.0 Å². The Morgan fingerprint density at radius 3 is 2.80 bits per heavy atom. The van der Waals surface area contributed by atoms with Gasteiger partial charge in [0.05, 0.1) is 20.3 Å². The van der Waals surface area contributed by atoms with Crippen LogP contribution < -0.4 is 20.1 Å². The summed E-state index contributed by atoms with van der Waals surface area (Å²) < 4.78 is 17.9. The maximum absolute atomic E-state index is 13.4. The predicted molar refractivity (Wildman–Crippen MR) is 157 cm³/mol. The van der Waals surface area contributed by atoms with Gasteiger partial charge in [0.1, 0.15) is 11.9 Å². The lowest BCUT2D eigenvalue weighted by Gasteiger charge is -2.24. The third kappa shape index (κ3) is 7.71. The van der Waals surface area contributed by atoms with E-state index in [1.54, 1.807) is 13.3 Å². The normalized spacial score (nSPS) is 17.3. The van der Waals surface area contributed by atoms with Crippen LogP contribution >= 0.6 is 11.5 Å². The summed E-state index contributed by atoms with van der Waals surface area (Å²) in [6, 6.07) is 14.8. The number of ether oxygens (including phenoxy) is 2. The van der Waals surface area contributed by atoms with E-state index in [9.17, 15) is 9.59 Å². The molecule has 5 rings (SSSR count). The van der Waals surface area contributed by atoms with E-state index in [-0.39, 0.29) is 18.4 Å². The summed E-state index contributed by atoms with van der Waals surface area (Å²) in [5.41, 5.74) is 2.90. The SMILES string of the molecule is COc1ccc2cc1OCCCN(Cc1cnsc1)CC(=O)N[C@@H](Cc1ccccc1)C(=O)NCCn1ccnc1-2. The van der Waals surface area contributed by atoms with Crippen molar-refractivity contribution in [3.05, 3.63) is 83.6 Å². The van der Waals surface area contributed by atoms with Crippen LogP contribution in [0.5, 0.6) is 11.5 Å². The molecule has 2 amide bonds. The molecule has 1 atom stereocenters. The molecule has 2 aromatic heterocycles. The lowest BCUT2D eigenvalue weighted by molar-refractivity contribution is -0.129. The molecule has 0 aliphatic carbocycles. The summed E-state index contributed by atoms with van der Waals surface area (Å²) >= 11 is 1.38. The van der Waals surface area contributed by atoms with Crippen molar-refractivity contribution in [3.8, 4) is 22.9 Å². The number of imidazole rings is 1. The number of hydrogen-bond donors (Lipinski definition) is 2. The number of carbonyl (C=O) groups excluding carboxylic acids is 2. The van der Waals surface area contributed by atoms with Gasteiger partial charge in [0.25, 0.3) is 0 Å². The highest BCUT2D eigenvalue weighted by molar-refractivity contribution is 7.03. The Balaban J connectivity index is 1.40. The van der Waals surface area contributed by atoms with E-state index >= 15 is 0 Å². The topological polar surface area (TPSA) is 111 Å². The Bertz CT molecular complexity index is 1430. The minimum atomic E-state index is -0.705. The van der Waals surface area contributed by atoms with Crippen LogP contribution in [0.3, 0.4) is 0 Å². The van der Waals surface area contributed by atoms with Crippen molar-refractivity contribution in [2.75, 3.05) is 33.4 Å². The summed E-state index contributed by atoms with van der Waals surface area (Å²) in [7, 11) is 1.62. The van der Waals surface area contributed by atoms with Crippen molar-refractivity contribution in [1.82, 2.24) is 29.5 Å². The van der Waals surface area contributed by atoms with E-state index in [2.05, 4.69) is 20.0 Å². The van der Waals surface area contributed by atoms with Crippen molar-refractivity contribution in [3.63, 3.8) is 0 Å². The number of aromatic nitrogens is 3. The Hall–Kier alpha value is -4.22. The fourth-order valence-electron chi connectivity index (χ4n) is 4.85. The van der Waals surface area contributed by atoms with Gasteiger partial charge in [-0.05, 0) is 47.3 Å². The summed E-state index contributed by atoms with van der Waals surface area (Å²) in [5, 5.41) is 7.98. The van der Waals surface area contributed by atoms with Crippen LogP contribution in [0.25, 0.3) is 11.4 Å². The average molecular weight is 575 g/mol. The molecule has 0 radical (unpaired) electrons. The van der Waals surface area contributed by atoms with Crippen molar-refractivity contribution >= 4 is 23.3 Å². The monoisotopic (exact) mass is 574 g/mol. The fourth-order valence-corrected chi connectivity index (χ4v) is 5.38. The summed E-state index contributed by atoms with van der Waals surface area (Å²) in [5.74, 6) is 1.59. The van der Waals surface area contributed by atoms with E-state index in [0.29, 0.717) is 57.1 Å². The Morgan fingerprint density at radius 1 is 1.12 bits per heavy atom. The highest BCUT2D eigenvalue weighted by atomic mass is 32.1. The molecule has 41 heavy (non-hydrogen) atoms. The number of fused-ring (bicyclic) bond motifs is 4. The van der Waals surface area contributed by atoms with Crippen molar-refractivity contribution in [1.29, 1.82) is 0 Å². The molecule has 0 unspecified atom stereocenters. The molecular formula is C30H34N6O4S. The lowest BCUT2D eigenvalue weighted by atomic mass is 10.1. The van der Waals surface area contributed by atoms with E-state index in [0.717, 1.165) is 22.5 Å². The van der Waals surface area contributed by atoms with Crippen LogP contribution in [0, 0.1) is 0 Å². The van der Waals surface area contributed by atoms with Crippen LogP contribution in [0.15, 0.2) is 72.5 Å². The van der Waals surface area contributed by atoms with Gasteiger partial charge in [-0.15, -0.1) is 0 Å². The van der Waals surface area contributed by atoms with Crippen molar-refractivity contribution < 1.29 is 19.1 Å². The van der Waals surface area contributed by atoms with Crippen LogP contribution in [-0.2, 0) is 29.1 Å². The number of carbonyl (C=O) groups is 2. The Morgan fingerprint density at radius 2 is 2.00 bits per heavy atom. The second-order valence-corrected chi connectivity index (χ2v) is 10.5. The maximum atomic E-state index is 13.4. The third-order valence-corrected chi connectivity index (χ3v) is 7.49. The number of nitrogens with one attached hydrogen (secondary N) is 2. The van der Waals surface area contributed by atoms with Gasteiger partial charge in [-0.1, -0.05) is 30.3 Å². The van der Waals surface area contributed by atoms with E-state index in [1.165, 1.54) is 11.5 Å². The Kier molecular flexibility index (Phi) is 9.61. The van der Waals surface area contributed by atoms with Crippen LogP contribution in [0.4, 0.5) is 0 Å². The second kappa shape index (κ2) is 13.9. The standard InChI is InChI=1S/C30H34N6O4S/c1-39-26-9-8-24-17-27(26)40-15-5-12-35(19-23-18-33-41-21-23)20-28(37)34-25(16-22-6-3-2-4-7-22)30(38)32-11-14-36-13-10-31-29(24)36/h2-4,6-10,13,17-18,21,25H,5,11-12,14-16,19-20H2,1H3,(H,32,38)(H,34,37)/t25-/m0/s1. The van der Waals surface area contributed by atoms with Crippen molar-refractivity contribution in [2.24, 2.45) is 0 Å². The maximum Gasteiger partial charge on any atom is 0.242 e. The van der Waals surface area contributed by atoms with Gasteiger partial charge in [-0.2, -0.15) is 0 Å². The minimum Gasteiger partial charge on any atom is -0.493 e. The van der Waals surface area contributed by atoms with E-state index in [1.807, 2.05) is 75.8 Å². The molecule has 4 aromatic rings. The molecule has 2 N–H and O–H groups in total. The average Bonchev–Trinajstić information content (AvgIpc) is 3.67. The summed E-state index contributed by atoms with van der Waals surface area (Å²) in [6.07, 6.45) is 6.51. The molecule has 10 nitrogen and oxygen atoms in total. The molecule has 3 heterocycles. The molecule has 2 aromatic carbocycles. The lowest BCUT2D eigenvalue weighted by Crippen LogP contribution is -2.51.